The van der Waals surface area contributed by atoms with Crippen LogP contribution in [-0.2, 0) is 0 Å². The Morgan fingerprint density at radius 1 is 0.762 bits per heavy atom. The van der Waals surface area contributed by atoms with Crippen molar-refractivity contribution in [2.75, 3.05) is 26.2 Å². The molecule has 0 spiro atoms. The summed E-state index contributed by atoms with van der Waals surface area (Å²) >= 11 is 0. The van der Waals surface area contributed by atoms with E-state index in [0.29, 0.717) is 0 Å². The van der Waals surface area contributed by atoms with Crippen LogP contribution >= 0.6 is 0 Å². The molecule has 128 valence electrons. The predicted molar refractivity (Wildman–Crippen MR) is 82.0 cm³/mol. The lowest BCUT2D eigenvalue weighted by molar-refractivity contribution is -0.119. The molecule has 0 aromatic heterocycles. The summed E-state index contributed by atoms with van der Waals surface area (Å²) in [5.41, 5.74) is 0. The van der Waals surface area contributed by atoms with Crippen LogP contribution in [0.5, 0.6) is 0 Å². The van der Waals surface area contributed by atoms with Gasteiger partial charge in [0.2, 0.25) is 0 Å². The molecule has 5 N–H and O–H groups in total. The van der Waals surface area contributed by atoms with Gasteiger partial charge in [-0.15, -0.1) is 0 Å². The van der Waals surface area contributed by atoms with Gasteiger partial charge in [-0.05, 0) is 25.9 Å². The Balaban J connectivity index is 4.37. The second-order valence-corrected chi connectivity index (χ2v) is 5.66. The molecule has 21 heavy (non-hydrogen) atoms. The van der Waals surface area contributed by atoms with Gasteiger partial charge in [-0.25, -0.2) is 0 Å². The predicted octanol–water partition coefficient (Wildman–Crippen LogP) is -0.285. The van der Waals surface area contributed by atoms with Crippen LogP contribution in [0.2, 0.25) is 0 Å². The van der Waals surface area contributed by atoms with Crippen LogP contribution in [0.4, 0.5) is 0 Å². The van der Waals surface area contributed by atoms with Gasteiger partial charge in [0.05, 0.1) is 12.7 Å². The van der Waals surface area contributed by atoms with E-state index < -0.39 is 31.0 Å². The zero-order chi connectivity index (χ0) is 16.3. The molecule has 4 unspecified atom stereocenters. The third-order valence-electron chi connectivity index (χ3n) is 3.68. The van der Waals surface area contributed by atoms with Crippen molar-refractivity contribution in [3.63, 3.8) is 0 Å². The van der Waals surface area contributed by atoms with Crippen molar-refractivity contribution < 1.29 is 25.5 Å². The Morgan fingerprint density at radius 2 is 1.29 bits per heavy atom. The van der Waals surface area contributed by atoms with Gasteiger partial charge in [0.15, 0.2) is 0 Å². The van der Waals surface area contributed by atoms with Crippen molar-refractivity contribution >= 4 is 0 Å². The van der Waals surface area contributed by atoms with Gasteiger partial charge in [-0.2, -0.15) is 0 Å². The molecule has 0 saturated carbocycles. The van der Waals surface area contributed by atoms with Gasteiger partial charge in [0, 0.05) is 6.54 Å². The average Bonchev–Trinajstić information content (AvgIpc) is 2.49. The lowest BCUT2D eigenvalue weighted by Crippen LogP contribution is -2.50. The van der Waals surface area contributed by atoms with Crippen LogP contribution in [0.3, 0.4) is 0 Å². The summed E-state index contributed by atoms with van der Waals surface area (Å²) in [5, 5.41) is 47.5. The van der Waals surface area contributed by atoms with Gasteiger partial charge >= 0.3 is 0 Å². The smallest absolute Gasteiger partial charge is 0.111 e. The van der Waals surface area contributed by atoms with Gasteiger partial charge in [0.1, 0.15) is 18.3 Å². The number of unbranched alkanes of at least 4 members (excludes halogenated alkanes) is 3. The molecule has 0 radical (unpaired) electrons. The molecule has 0 bridgehead atoms. The summed E-state index contributed by atoms with van der Waals surface area (Å²) < 4.78 is 0. The number of nitrogens with zero attached hydrogens (tertiary/aromatic N) is 1. The van der Waals surface area contributed by atoms with Gasteiger partial charge in [-0.3, -0.25) is 0 Å². The monoisotopic (exact) mass is 307 g/mol. The number of hydrogen-bond donors (Lipinski definition) is 5. The molecule has 0 rings (SSSR count). The second-order valence-electron chi connectivity index (χ2n) is 5.66. The SMILES string of the molecule is CCCCCN(CCCC)CC(O)C(O)C(O)C(O)CO. The summed E-state index contributed by atoms with van der Waals surface area (Å²) in [7, 11) is 0. The number of aliphatic hydroxyl groups excluding tert-OH is 5. The third-order valence-corrected chi connectivity index (χ3v) is 3.68. The summed E-state index contributed by atoms with van der Waals surface area (Å²) in [6, 6.07) is 0. The van der Waals surface area contributed by atoms with Crippen LogP contribution in [0.15, 0.2) is 0 Å². The van der Waals surface area contributed by atoms with Crippen molar-refractivity contribution in [3.05, 3.63) is 0 Å². The lowest BCUT2D eigenvalue weighted by atomic mass is 10.0. The molecule has 0 fully saturated rings. The molecule has 0 aromatic rings. The Kier molecular flexibility index (Phi) is 12.2. The van der Waals surface area contributed by atoms with E-state index in [0.717, 1.165) is 45.2 Å². The molecule has 6 heteroatoms. The summed E-state index contributed by atoms with van der Waals surface area (Å²) in [5.74, 6) is 0. The van der Waals surface area contributed by atoms with Gasteiger partial charge in [-0.1, -0.05) is 33.1 Å². The highest BCUT2D eigenvalue weighted by Gasteiger charge is 2.30. The first kappa shape index (κ1) is 20.8. The van der Waals surface area contributed by atoms with Crippen LogP contribution in [0.25, 0.3) is 0 Å². The average molecular weight is 307 g/mol. The third kappa shape index (κ3) is 8.70. The van der Waals surface area contributed by atoms with E-state index in [1.807, 2.05) is 0 Å². The first-order valence-electron chi connectivity index (χ1n) is 8.03. The second kappa shape index (κ2) is 12.3. The first-order valence-corrected chi connectivity index (χ1v) is 8.03. The number of hydrogen-bond acceptors (Lipinski definition) is 6. The number of aliphatic hydroxyl groups is 5. The standard InChI is InChI=1S/C15H33NO5/c1-3-5-7-9-16(8-6-4-2)10-12(18)14(20)15(21)13(19)11-17/h12-15,17-21H,3-11H2,1-2H3. The fourth-order valence-electron chi connectivity index (χ4n) is 2.20. The fraction of sp³-hybridized carbons (Fsp3) is 1.00. The van der Waals surface area contributed by atoms with Crippen molar-refractivity contribution in [2.45, 2.75) is 70.4 Å². The summed E-state index contributed by atoms with van der Waals surface area (Å²) in [6.07, 6.45) is -0.285. The van der Waals surface area contributed by atoms with E-state index >= 15 is 0 Å². The lowest BCUT2D eigenvalue weighted by Gasteiger charge is -2.30. The van der Waals surface area contributed by atoms with Crippen LogP contribution in [0, 0.1) is 0 Å². The summed E-state index contributed by atoms with van der Waals surface area (Å²) in [4.78, 5) is 2.07. The fourth-order valence-corrected chi connectivity index (χ4v) is 2.20. The largest absolute Gasteiger partial charge is 0.394 e. The molecular weight excluding hydrogens is 274 g/mol. The molecule has 0 aliphatic carbocycles. The molecule has 0 aliphatic heterocycles. The topological polar surface area (TPSA) is 104 Å². The Morgan fingerprint density at radius 3 is 1.81 bits per heavy atom. The minimum Gasteiger partial charge on any atom is -0.394 e. The molecule has 0 aromatic carbocycles. The van der Waals surface area contributed by atoms with Crippen LogP contribution < -0.4 is 0 Å². The van der Waals surface area contributed by atoms with Crippen molar-refractivity contribution in [3.8, 4) is 0 Å². The molecule has 0 aliphatic rings. The molecule has 6 nitrogen and oxygen atoms in total. The Bertz CT molecular complexity index is 242. The van der Waals surface area contributed by atoms with Crippen molar-refractivity contribution in [2.24, 2.45) is 0 Å². The Hall–Kier alpha value is -0.240. The highest BCUT2D eigenvalue weighted by molar-refractivity contribution is 4.82. The zero-order valence-corrected chi connectivity index (χ0v) is 13.4. The summed E-state index contributed by atoms with van der Waals surface area (Å²) in [6.45, 7) is 5.50. The first-order chi connectivity index (χ1) is 9.97. The maximum atomic E-state index is 10.0. The van der Waals surface area contributed by atoms with Crippen molar-refractivity contribution in [1.29, 1.82) is 0 Å². The minimum atomic E-state index is -1.55. The quantitative estimate of drug-likeness (QED) is 0.300. The van der Waals surface area contributed by atoms with E-state index in [1.165, 1.54) is 0 Å². The maximum Gasteiger partial charge on any atom is 0.111 e. The highest BCUT2D eigenvalue weighted by Crippen LogP contribution is 2.09. The van der Waals surface area contributed by atoms with Crippen LogP contribution in [0.1, 0.15) is 46.0 Å². The molecule has 0 heterocycles. The normalized spacial score (nSPS) is 17.7. The van der Waals surface area contributed by atoms with E-state index in [9.17, 15) is 20.4 Å². The minimum absolute atomic E-state index is 0.250. The molecule has 0 amide bonds. The Labute approximate surface area is 128 Å². The molecular formula is C15H33NO5. The van der Waals surface area contributed by atoms with Gasteiger partial charge < -0.3 is 30.4 Å². The van der Waals surface area contributed by atoms with Crippen molar-refractivity contribution in [1.82, 2.24) is 4.90 Å². The van der Waals surface area contributed by atoms with Gasteiger partial charge in [0.25, 0.3) is 0 Å². The molecule has 4 atom stereocenters. The van der Waals surface area contributed by atoms with E-state index in [-0.39, 0.29) is 6.54 Å². The van der Waals surface area contributed by atoms with E-state index in [2.05, 4.69) is 18.7 Å². The zero-order valence-electron chi connectivity index (χ0n) is 13.4. The van der Waals surface area contributed by atoms with E-state index in [4.69, 9.17) is 5.11 Å². The van der Waals surface area contributed by atoms with E-state index in [1.54, 1.807) is 0 Å². The van der Waals surface area contributed by atoms with Crippen LogP contribution in [-0.4, -0.2) is 81.1 Å². The number of rotatable bonds is 13. The highest BCUT2D eigenvalue weighted by atomic mass is 16.4. The molecule has 0 saturated heterocycles. The maximum absolute atomic E-state index is 10.0.